The third-order valence-electron chi connectivity index (χ3n) is 10.3. The zero-order valence-corrected chi connectivity index (χ0v) is 38.9. The molecule has 6 nitrogen and oxygen atoms in total. The lowest BCUT2D eigenvalue weighted by Gasteiger charge is -2.18. The van der Waals surface area contributed by atoms with E-state index in [1.807, 2.05) is 48.6 Å². The summed E-state index contributed by atoms with van der Waals surface area (Å²) in [5.74, 6) is -0.946. The monoisotopic (exact) mass is 835 g/mol. The molecule has 6 heteroatoms. The number of ether oxygens (including phenoxy) is 3. The summed E-state index contributed by atoms with van der Waals surface area (Å²) < 4.78 is 16.7. The minimum absolute atomic E-state index is 0.0928. The van der Waals surface area contributed by atoms with Crippen molar-refractivity contribution in [3.8, 4) is 0 Å². The highest BCUT2D eigenvalue weighted by Gasteiger charge is 2.19. The average Bonchev–Trinajstić information content (AvgIpc) is 3.24. The van der Waals surface area contributed by atoms with E-state index in [2.05, 4.69) is 57.2 Å². The molecular formula is C54H90O6. The normalized spacial score (nSPS) is 12.8. The van der Waals surface area contributed by atoms with Crippen molar-refractivity contribution in [1.82, 2.24) is 0 Å². The molecule has 0 aliphatic carbocycles. The molecule has 0 radical (unpaired) electrons. The largest absolute Gasteiger partial charge is 0.462 e. The quantitative estimate of drug-likeness (QED) is 0.0200. The summed E-state index contributed by atoms with van der Waals surface area (Å²) in [6.07, 6.45) is 61.3. The minimum Gasteiger partial charge on any atom is -0.462 e. The second kappa shape index (κ2) is 48.3. The first-order valence-corrected chi connectivity index (χ1v) is 24.7. The fourth-order valence-electron chi connectivity index (χ4n) is 6.62. The van der Waals surface area contributed by atoms with E-state index in [1.54, 1.807) is 0 Å². The fourth-order valence-corrected chi connectivity index (χ4v) is 6.62. The number of allylic oxidation sites excluding steroid dienone is 14. The maximum absolute atomic E-state index is 12.8. The van der Waals surface area contributed by atoms with Gasteiger partial charge in [0.15, 0.2) is 6.10 Å². The molecule has 0 amide bonds. The van der Waals surface area contributed by atoms with Gasteiger partial charge in [-0.1, -0.05) is 221 Å². The second-order valence-electron chi connectivity index (χ2n) is 16.1. The summed E-state index contributed by atoms with van der Waals surface area (Å²) in [5.41, 5.74) is 0. The molecule has 0 aromatic rings. The van der Waals surface area contributed by atoms with Gasteiger partial charge in [-0.25, -0.2) is 0 Å². The molecule has 1 unspecified atom stereocenters. The molecule has 0 heterocycles. The predicted molar refractivity (Wildman–Crippen MR) is 256 cm³/mol. The summed E-state index contributed by atoms with van der Waals surface area (Å²) in [6, 6.07) is 0. The molecule has 342 valence electrons. The Labute approximate surface area is 369 Å². The fraction of sp³-hybridized carbons (Fsp3) is 0.685. The van der Waals surface area contributed by atoms with Crippen LogP contribution in [0, 0.1) is 0 Å². The Hall–Kier alpha value is -3.41. The molecule has 0 N–H and O–H groups in total. The molecule has 0 rings (SSSR count). The number of hydrogen-bond donors (Lipinski definition) is 0. The van der Waals surface area contributed by atoms with Gasteiger partial charge in [0, 0.05) is 19.3 Å². The lowest BCUT2D eigenvalue weighted by Crippen LogP contribution is -2.30. The van der Waals surface area contributed by atoms with Gasteiger partial charge < -0.3 is 14.2 Å². The van der Waals surface area contributed by atoms with Gasteiger partial charge in [0.05, 0.1) is 0 Å². The van der Waals surface area contributed by atoms with Crippen LogP contribution in [0.3, 0.4) is 0 Å². The highest BCUT2D eigenvalue weighted by atomic mass is 16.6. The third-order valence-corrected chi connectivity index (χ3v) is 10.3. The molecule has 60 heavy (non-hydrogen) atoms. The molecular weight excluding hydrogens is 745 g/mol. The molecule has 1 atom stereocenters. The van der Waals surface area contributed by atoms with Crippen LogP contribution in [0.1, 0.15) is 220 Å². The van der Waals surface area contributed by atoms with E-state index in [0.717, 1.165) is 89.9 Å². The molecule has 0 aliphatic rings. The van der Waals surface area contributed by atoms with Crippen molar-refractivity contribution in [1.29, 1.82) is 0 Å². The first-order valence-electron chi connectivity index (χ1n) is 24.7. The van der Waals surface area contributed by atoms with Crippen molar-refractivity contribution in [2.45, 2.75) is 226 Å². The first kappa shape index (κ1) is 56.6. The predicted octanol–water partition coefficient (Wildman–Crippen LogP) is 16.0. The molecule has 0 aromatic heterocycles. The van der Waals surface area contributed by atoms with Crippen LogP contribution in [0.2, 0.25) is 0 Å². The van der Waals surface area contributed by atoms with Crippen LogP contribution in [-0.4, -0.2) is 37.2 Å². The summed E-state index contributed by atoms with van der Waals surface area (Å²) in [4.78, 5) is 37.9. The molecule has 0 fully saturated rings. The first-order chi connectivity index (χ1) is 29.5. The van der Waals surface area contributed by atoms with Crippen molar-refractivity contribution in [2.75, 3.05) is 13.2 Å². The van der Waals surface area contributed by atoms with Crippen molar-refractivity contribution < 1.29 is 28.6 Å². The number of rotatable bonds is 43. The van der Waals surface area contributed by atoms with Gasteiger partial charge in [0.1, 0.15) is 13.2 Å². The lowest BCUT2D eigenvalue weighted by atomic mass is 10.0. The van der Waals surface area contributed by atoms with Crippen LogP contribution in [0.25, 0.3) is 0 Å². The van der Waals surface area contributed by atoms with Crippen LogP contribution in [0.15, 0.2) is 85.1 Å². The van der Waals surface area contributed by atoms with Crippen LogP contribution >= 0.6 is 0 Å². The van der Waals surface area contributed by atoms with E-state index in [9.17, 15) is 14.4 Å². The van der Waals surface area contributed by atoms with Crippen molar-refractivity contribution in [3.63, 3.8) is 0 Å². The van der Waals surface area contributed by atoms with E-state index in [0.29, 0.717) is 19.3 Å². The maximum atomic E-state index is 12.8. The number of unbranched alkanes of at least 4 members (excludes halogenated alkanes) is 22. The Morgan fingerprint density at radius 3 is 1.22 bits per heavy atom. The molecule has 0 saturated heterocycles. The number of carbonyl (C=O) groups excluding carboxylic acids is 3. The number of esters is 3. The van der Waals surface area contributed by atoms with Gasteiger partial charge in [-0.2, -0.15) is 0 Å². The van der Waals surface area contributed by atoms with Crippen molar-refractivity contribution in [3.05, 3.63) is 85.1 Å². The molecule has 0 saturated carbocycles. The topological polar surface area (TPSA) is 78.9 Å². The van der Waals surface area contributed by atoms with Crippen molar-refractivity contribution >= 4 is 17.9 Å². The Morgan fingerprint density at radius 1 is 0.367 bits per heavy atom. The highest BCUT2D eigenvalue weighted by Crippen LogP contribution is 2.15. The highest BCUT2D eigenvalue weighted by molar-refractivity contribution is 5.71. The Kier molecular flexibility index (Phi) is 45.5. The standard InChI is InChI=1S/C54H90O6/c1-4-7-10-13-16-19-22-25-27-30-32-35-38-41-44-47-53(56)59-50-51(49-58-52(55)46-43-40-37-34-31-28-24-21-18-15-12-9-6-3)60-54(57)48-45-42-39-36-33-29-26-23-20-17-14-11-8-5-2/h7-8,10-11,13,16-17,19-20,22,25,27,30,32,51H,4-6,9,12,14-15,18,21,23-24,26,28-29,31,33-50H2,1-3H3/b10-7-,11-8-,16-13-,20-17-,22-19-,27-25-,32-30-. The second-order valence-corrected chi connectivity index (χ2v) is 16.1. The smallest absolute Gasteiger partial charge is 0.306 e. The van der Waals surface area contributed by atoms with Crippen LogP contribution in [0.4, 0.5) is 0 Å². The van der Waals surface area contributed by atoms with E-state index in [4.69, 9.17) is 14.2 Å². The number of carbonyl (C=O) groups is 3. The zero-order chi connectivity index (χ0) is 43.7. The van der Waals surface area contributed by atoms with Crippen LogP contribution < -0.4 is 0 Å². The van der Waals surface area contributed by atoms with Crippen LogP contribution in [0.5, 0.6) is 0 Å². The van der Waals surface area contributed by atoms with Gasteiger partial charge in [0.2, 0.25) is 0 Å². The molecule has 0 aromatic carbocycles. The molecule has 0 aliphatic heterocycles. The molecule has 0 spiro atoms. The summed E-state index contributed by atoms with van der Waals surface area (Å²) >= 11 is 0. The van der Waals surface area contributed by atoms with Crippen molar-refractivity contribution in [2.24, 2.45) is 0 Å². The van der Waals surface area contributed by atoms with Gasteiger partial charge in [-0.05, 0) is 64.2 Å². The van der Waals surface area contributed by atoms with E-state index >= 15 is 0 Å². The van der Waals surface area contributed by atoms with E-state index < -0.39 is 6.10 Å². The Morgan fingerprint density at radius 2 is 0.733 bits per heavy atom. The van der Waals surface area contributed by atoms with Crippen LogP contribution in [-0.2, 0) is 28.6 Å². The van der Waals surface area contributed by atoms with E-state index in [1.165, 1.54) is 89.9 Å². The lowest BCUT2D eigenvalue weighted by molar-refractivity contribution is -0.167. The van der Waals surface area contributed by atoms with Gasteiger partial charge >= 0.3 is 17.9 Å². The summed E-state index contributed by atoms with van der Waals surface area (Å²) in [6.45, 7) is 6.34. The summed E-state index contributed by atoms with van der Waals surface area (Å²) in [5, 5.41) is 0. The SMILES string of the molecule is CC\C=C/C=C\C=C/C=C\C=C/CCCCCC(=O)OCC(COC(=O)CCCCCCCCCCCCCCC)OC(=O)CCCCCCCCC/C=C\C/C=C\CC. The third kappa shape index (κ3) is 45.7. The number of hydrogen-bond acceptors (Lipinski definition) is 6. The van der Waals surface area contributed by atoms with Gasteiger partial charge in [-0.3, -0.25) is 14.4 Å². The molecule has 0 bridgehead atoms. The Bertz CT molecular complexity index is 1190. The van der Waals surface area contributed by atoms with Gasteiger partial charge in [0.25, 0.3) is 0 Å². The Balaban J connectivity index is 4.47. The summed E-state index contributed by atoms with van der Waals surface area (Å²) in [7, 11) is 0. The maximum Gasteiger partial charge on any atom is 0.306 e. The minimum atomic E-state index is -0.796. The zero-order valence-electron chi connectivity index (χ0n) is 38.9. The van der Waals surface area contributed by atoms with E-state index in [-0.39, 0.29) is 31.1 Å². The average molecular weight is 835 g/mol. The van der Waals surface area contributed by atoms with Gasteiger partial charge in [-0.15, -0.1) is 0 Å².